The number of carbonyl (C=O) groups is 1. The molecule has 0 unspecified atom stereocenters. The predicted octanol–water partition coefficient (Wildman–Crippen LogP) is 1.80. The number of nitrogens with zero attached hydrogens (tertiary/aromatic N) is 2. The second kappa shape index (κ2) is 8.76. The van der Waals surface area contributed by atoms with Gasteiger partial charge >= 0.3 is 18.9 Å². The van der Waals surface area contributed by atoms with Gasteiger partial charge in [-0.1, -0.05) is 62.2 Å². The molecule has 7 heteroatoms. The molecule has 0 amide bonds. The number of imidazole rings is 1. The van der Waals surface area contributed by atoms with Gasteiger partial charge in [0.2, 0.25) is 0 Å². The average molecular weight is 409 g/mol. The summed E-state index contributed by atoms with van der Waals surface area (Å²) in [6.45, 7) is 6.21. The van der Waals surface area contributed by atoms with Crippen LogP contribution in [-0.2, 0) is 6.42 Å². The van der Waals surface area contributed by atoms with E-state index in [9.17, 15) is 9.90 Å². The fraction of sp³-hybridized carbons (Fsp3) is 0.238. The van der Waals surface area contributed by atoms with Crippen molar-refractivity contribution in [2.45, 2.75) is 27.2 Å². The van der Waals surface area contributed by atoms with Crippen LogP contribution in [0.3, 0.4) is 0 Å². The van der Waals surface area contributed by atoms with Gasteiger partial charge in [-0.2, -0.15) is 0 Å². The van der Waals surface area contributed by atoms with Gasteiger partial charge in [0, 0.05) is 27.7 Å². The van der Waals surface area contributed by atoms with Crippen molar-refractivity contribution in [1.82, 2.24) is 9.55 Å². The van der Waals surface area contributed by atoms with Crippen LogP contribution in [0.4, 0.5) is 0 Å². The molecule has 0 atom stereocenters. The number of hydrogen-bond acceptors (Lipinski definition) is 3. The number of carboxylic acids is 1. The Morgan fingerprint density at radius 1 is 1.07 bits per heavy atom. The van der Waals surface area contributed by atoms with E-state index in [0.29, 0.717) is 33.5 Å². The summed E-state index contributed by atoms with van der Waals surface area (Å²) in [5, 5.41) is 12.9. The fourth-order valence-corrected chi connectivity index (χ4v) is 3.37. The van der Waals surface area contributed by atoms with Crippen molar-refractivity contribution in [3.05, 3.63) is 70.1 Å². The third-order valence-electron chi connectivity index (χ3n) is 3.99. The van der Waals surface area contributed by atoms with Crippen LogP contribution in [0.2, 0.25) is 10.0 Å². The number of rotatable bonds is 4. The van der Waals surface area contributed by atoms with E-state index >= 15 is 0 Å². The maximum Gasteiger partial charge on any atom is 1.00 e. The number of carbonyl (C=O) groups excluding carboxylic acids is 1. The molecule has 0 aliphatic carbocycles. The number of aromatic carboxylic acids is 1. The summed E-state index contributed by atoms with van der Waals surface area (Å²) >= 11 is 12.3. The van der Waals surface area contributed by atoms with Gasteiger partial charge < -0.3 is 9.90 Å². The number of halogens is 2. The van der Waals surface area contributed by atoms with E-state index in [0.717, 1.165) is 5.69 Å². The van der Waals surface area contributed by atoms with Crippen LogP contribution in [0.15, 0.2) is 48.5 Å². The molecule has 0 saturated heterocycles. The van der Waals surface area contributed by atoms with Crippen molar-refractivity contribution in [2.75, 3.05) is 0 Å². The normalized spacial score (nSPS) is 11.2. The number of hydrogen-bond donors (Lipinski definition) is 0. The van der Waals surface area contributed by atoms with Gasteiger partial charge in [0.25, 0.3) is 0 Å². The van der Waals surface area contributed by atoms with Gasteiger partial charge in [-0.15, -0.1) is 0 Å². The fourth-order valence-electron chi connectivity index (χ4n) is 3.00. The first-order valence-electron chi connectivity index (χ1n) is 8.50. The first-order valence-corrected chi connectivity index (χ1v) is 9.26. The minimum atomic E-state index is -1.33. The zero-order valence-corrected chi connectivity index (χ0v) is 17.8. The Kier molecular flexibility index (Phi) is 7.06. The quantitative estimate of drug-likeness (QED) is 0.618. The Labute approximate surface area is 186 Å². The topological polar surface area (TPSA) is 57.9 Å². The summed E-state index contributed by atoms with van der Waals surface area (Å²) in [7, 11) is 0. The zero-order valence-electron chi connectivity index (χ0n) is 16.3. The smallest absolute Gasteiger partial charge is 0.543 e. The second-order valence-electron chi connectivity index (χ2n) is 7.58. The van der Waals surface area contributed by atoms with Gasteiger partial charge in [-0.3, -0.25) is 4.57 Å². The standard InChI is InChI=1S/C21H20Cl2N2O2.Li/c1-21(2,3)12-17-24-18(20(26)27)19(13-6-4-7-14(22)10-13)25(17)16-9-5-8-15(23)11-16;/h4-11H,12H2,1-3H3,(H,26,27);/q;+1/p-1. The van der Waals surface area contributed by atoms with E-state index in [4.69, 9.17) is 23.2 Å². The van der Waals surface area contributed by atoms with Gasteiger partial charge in [0.05, 0.1) is 11.7 Å². The predicted molar refractivity (Wildman–Crippen MR) is 107 cm³/mol. The molecule has 0 aliphatic rings. The van der Waals surface area contributed by atoms with Gasteiger partial charge in [0.15, 0.2) is 0 Å². The molecule has 4 nitrogen and oxygen atoms in total. The monoisotopic (exact) mass is 408 g/mol. The van der Waals surface area contributed by atoms with Crippen LogP contribution in [0.1, 0.15) is 37.1 Å². The third-order valence-corrected chi connectivity index (χ3v) is 4.46. The molecule has 1 heterocycles. The third kappa shape index (κ3) is 5.01. The van der Waals surface area contributed by atoms with Crippen LogP contribution < -0.4 is 24.0 Å². The Bertz CT molecular complexity index is 1010. The molecule has 0 radical (unpaired) electrons. The van der Waals surface area contributed by atoms with Crippen molar-refractivity contribution in [2.24, 2.45) is 5.41 Å². The molecule has 140 valence electrons. The van der Waals surface area contributed by atoms with E-state index in [2.05, 4.69) is 25.8 Å². The van der Waals surface area contributed by atoms with Crippen molar-refractivity contribution in [1.29, 1.82) is 0 Å². The van der Waals surface area contributed by atoms with E-state index in [1.54, 1.807) is 36.4 Å². The van der Waals surface area contributed by atoms with Crippen molar-refractivity contribution in [3.63, 3.8) is 0 Å². The summed E-state index contributed by atoms with van der Waals surface area (Å²) in [4.78, 5) is 16.3. The molecule has 0 fully saturated rings. The molecule has 2 aromatic carbocycles. The molecule has 3 rings (SSSR count). The van der Waals surface area contributed by atoms with Crippen LogP contribution in [-0.4, -0.2) is 15.5 Å². The largest absolute Gasteiger partial charge is 1.00 e. The van der Waals surface area contributed by atoms with Crippen molar-refractivity contribution >= 4 is 29.2 Å². The van der Waals surface area contributed by atoms with E-state index in [1.165, 1.54) is 0 Å². The molecular weight excluding hydrogens is 390 g/mol. The number of aromatic nitrogens is 2. The molecule has 0 spiro atoms. The molecule has 0 saturated carbocycles. The summed E-state index contributed by atoms with van der Waals surface area (Å²) in [6, 6.07) is 14.3. The molecular formula is C21H19Cl2LiN2O2. The summed E-state index contributed by atoms with van der Waals surface area (Å²) < 4.78 is 1.83. The Hall–Kier alpha value is -1.70. The second-order valence-corrected chi connectivity index (χ2v) is 8.45. The number of carboxylic acid groups (broad SMARTS) is 1. The van der Waals surface area contributed by atoms with Gasteiger partial charge in [0.1, 0.15) is 11.5 Å². The minimum absolute atomic E-state index is 0. The summed E-state index contributed by atoms with van der Waals surface area (Å²) in [5.41, 5.74) is 1.60. The van der Waals surface area contributed by atoms with E-state index in [-0.39, 0.29) is 30.0 Å². The van der Waals surface area contributed by atoms with Gasteiger partial charge in [-0.05, 0) is 35.7 Å². The Balaban J connectivity index is 0.00000280. The maximum atomic E-state index is 11.9. The maximum absolute atomic E-state index is 11.9. The zero-order chi connectivity index (χ0) is 19.8. The first kappa shape index (κ1) is 22.6. The molecule has 28 heavy (non-hydrogen) atoms. The Morgan fingerprint density at radius 3 is 2.21 bits per heavy atom. The van der Waals surface area contributed by atoms with E-state index < -0.39 is 5.97 Å². The Morgan fingerprint density at radius 2 is 1.68 bits per heavy atom. The first-order chi connectivity index (χ1) is 12.7. The van der Waals surface area contributed by atoms with Crippen molar-refractivity contribution < 1.29 is 28.8 Å². The van der Waals surface area contributed by atoms with Crippen LogP contribution in [0.25, 0.3) is 16.9 Å². The SMILES string of the molecule is CC(C)(C)Cc1nc(C(=O)[O-])c(-c2cccc(Cl)c2)n1-c1cccc(Cl)c1.[Li+]. The molecule has 0 aliphatic heterocycles. The molecule has 1 aromatic heterocycles. The van der Waals surface area contributed by atoms with E-state index in [1.807, 2.05) is 16.7 Å². The molecule has 0 N–H and O–H groups in total. The molecule has 0 bridgehead atoms. The van der Waals surface area contributed by atoms with Crippen LogP contribution in [0, 0.1) is 5.41 Å². The summed E-state index contributed by atoms with van der Waals surface area (Å²) in [5.74, 6) is -0.708. The van der Waals surface area contributed by atoms with Crippen molar-refractivity contribution in [3.8, 4) is 16.9 Å². The minimum Gasteiger partial charge on any atom is -0.543 e. The van der Waals surface area contributed by atoms with Crippen LogP contribution in [0.5, 0.6) is 0 Å². The van der Waals surface area contributed by atoms with Crippen LogP contribution >= 0.6 is 23.2 Å². The summed E-state index contributed by atoms with van der Waals surface area (Å²) in [6.07, 6.45) is 0.570. The number of benzene rings is 2. The molecule has 3 aromatic rings. The average Bonchev–Trinajstić information content (AvgIpc) is 2.92. The van der Waals surface area contributed by atoms with Gasteiger partial charge in [-0.25, -0.2) is 4.98 Å².